The van der Waals surface area contributed by atoms with Gasteiger partial charge in [-0.1, -0.05) is 39.7 Å². The molecule has 2 nitrogen and oxygen atoms in total. The van der Waals surface area contributed by atoms with E-state index in [9.17, 15) is 18.0 Å². The van der Waals surface area contributed by atoms with E-state index in [0.29, 0.717) is 11.8 Å². The first-order valence-corrected chi connectivity index (χ1v) is 9.40. The Kier molecular flexibility index (Phi) is 7.45. The maximum absolute atomic E-state index is 14.3. The van der Waals surface area contributed by atoms with Crippen LogP contribution in [0.1, 0.15) is 68.3 Å². The summed E-state index contributed by atoms with van der Waals surface area (Å²) in [4.78, 5) is 12.1. The number of rotatable bonds is 3. The molecule has 0 spiro atoms. The molecule has 1 aliphatic carbocycles. The second-order valence-electron chi connectivity index (χ2n) is 6.66. The van der Waals surface area contributed by atoms with Gasteiger partial charge in [0.05, 0.1) is 5.56 Å². The molecule has 1 fully saturated rings. The summed E-state index contributed by atoms with van der Waals surface area (Å²) in [6, 6.07) is 7.23. The number of halogens is 3. The van der Waals surface area contributed by atoms with Gasteiger partial charge in [-0.15, -0.1) is 0 Å². The molecule has 0 amide bonds. The Morgan fingerprint density at radius 1 is 0.889 bits per heavy atom. The third-order valence-corrected chi connectivity index (χ3v) is 4.80. The van der Waals surface area contributed by atoms with Crippen molar-refractivity contribution in [3.8, 4) is 5.75 Å². The Bertz CT molecular complexity index is 781. The van der Waals surface area contributed by atoms with Gasteiger partial charge in [-0.25, -0.2) is 18.0 Å². The zero-order valence-electron chi connectivity index (χ0n) is 15.9. The van der Waals surface area contributed by atoms with Crippen molar-refractivity contribution in [2.24, 2.45) is 5.92 Å². The first kappa shape index (κ1) is 21.0. The molecular formula is C22H25F3O2. The largest absolute Gasteiger partial charge is 0.423 e. The van der Waals surface area contributed by atoms with Crippen LogP contribution in [0.2, 0.25) is 0 Å². The van der Waals surface area contributed by atoms with Gasteiger partial charge < -0.3 is 4.74 Å². The van der Waals surface area contributed by atoms with E-state index in [-0.39, 0.29) is 11.3 Å². The summed E-state index contributed by atoms with van der Waals surface area (Å²) < 4.78 is 45.3. The minimum Gasteiger partial charge on any atom is -0.423 e. The highest BCUT2D eigenvalue weighted by Gasteiger charge is 2.22. The Labute approximate surface area is 158 Å². The molecule has 0 bridgehead atoms. The average molecular weight is 378 g/mol. The van der Waals surface area contributed by atoms with E-state index in [1.165, 1.54) is 12.1 Å². The van der Waals surface area contributed by atoms with Crippen LogP contribution in [0.4, 0.5) is 13.2 Å². The van der Waals surface area contributed by atoms with Crippen molar-refractivity contribution in [2.45, 2.75) is 52.4 Å². The van der Waals surface area contributed by atoms with Crippen molar-refractivity contribution in [2.75, 3.05) is 0 Å². The predicted octanol–water partition coefficient (Wildman–Crippen LogP) is 6.64. The molecule has 0 heterocycles. The quantitative estimate of drug-likeness (QED) is 0.442. The molecule has 3 rings (SSSR count). The van der Waals surface area contributed by atoms with E-state index >= 15 is 0 Å². The number of carbonyl (C=O) groups excluding carboxylic acids is 1. The molecule has 146 valence electrons. The smallest absolute Gasteiger partial charge is 0.346 e. The molecule has 1 saturated carbocycles. The lowest BCUT2D eigenvalue weighted by molar-refractivity contribution is 0.0729. The normalized spacial score (nSPS) is 19.0. The van der Waals surface area contributed by atoms with Crippen LogP contribution in [-0.4, -0.2) is 5.97 Å². The molecule has 0 unspecified atom stereocenters. The van der Waals surface area contributed by atoms with Crippen LogP contribution in [-0.2, 0) is 0 Å². The number of ether oxygens (including phenoxy) is 1. The topological polar surface area (TPSA) is 26.3 Å². The molecule has 5 heteroatoms. The van der Waals surface area contributed by atoms with Crippen molar-refractivity contribution in [1.82, 2.24) is 0 Å². The minimum atomic E-state index is -1.13. The fourth-order valence-corrected chi connectivity index (χ4v) is 3.25. The molecule has 0 saturated heterocycles. The van der Waals surface area contributed by atoms with Crippen LogP contribution >= 0.6 is 0 Å². The zero-order chi connectivity index (χ0) is 20.0. The fourth-order valence-electron chi connectivity index (χ4n) is 3.25. The lowest BCUT2D eigenvalue weighted by atomic mass is 9.79. The van der Waals surface area contributed by atoms with Crippen LogP contribution in [0.25, 0.3) is 0 Å². The van der Waals surface area contributed by atoms with Crippen LogP contribution in [0.15, 0.2) is 36.4 Å². The Balaban J connectivity index is 0.00000126. The predicted molar refractivity (Wildman–Crippen MR) is 99.4 cm³/mol. The number of hydrogen-bond donors (Lipinski definition) is 0. The zero-order valence-corrected chi connectivity index (χ0v) is 15.9. The number of benzene rings is 2. The monoisotopic (exact) mass is 378 g/mol. The van der Waals surface area contributed by atoms with E-state index < -0.39 is 23.4 Å². The van der Waals surface area contributed by atoms with Crippen LogP contribution < -0.4 is 4.74 Å². The van der Waals surface area contributed by atoms with Crippen molar-refractivity contribution in [3.05, 3.63) is 65.0 Å². The Morgan fingerprint density at radius 2 is 1.56 bits per heavy atom. The molecule has 2 aromatic rings. The summed E-state index contributed by atoms with van der Waals surface area (Å²) in [5, 5.41) is 0. The maximum Gasteiger partial charge on any atom is 0.346 e. The molecule has 0 aliphatic heterocycles. The van der Waals surface area contributed by atoms with Gasteiger partial charge in [0.1, 0.15) is 11.6 Å². The lowest BCUT2D eigenvalue weighted by Crippen LogP contribution is -2.14. The van der Waals surface area contributed by atoms with Gasteiger partial charge in [0.15, 0.2) is 11.6 Å². The van der Waals surface area contributed by atoms with Crippen molar-refractivity contribution < 1.29 is 22.7 Å². The van der Waals surface area contributed by atoms with Crippen molar-refractivity contribution in [1.29, 1.82) is 0 Å². The van der Waals surface area contributed by atoms with E-state index in [1.54, 1.807) is 6.07 Å². The summed E-state index contributed by atoms with van der Waals surface area (Å²) >= 11 is 0. The Morgan fingerprint density at radius 3 is 2.15 bits per heavy atom. The van der Waals surface area contributed by atoms with Gasteiger partial charge in [0, 0.05) is 6.07 Å². The second-order valence-corrected chi connectivity index (χ2v) is 6.66. The van der Waals surface area contributed by atoms with E-state index in [1.807, 2.05) is 13.8 Å². The van der Waals surface area contributed by atoms with Gasteiger partial charge >= 0.3 is 5.97 Å². The van der Waals surface area contributed by atoms with Gasteiger partial charge in [-0.2, -0.15) is 0 Å². The second kappa shape index (κ2) is 9.58. The van der Waals surface area contributed by atoms with Crippen LogP contribution in [0, 0.1) is 23.4 Å². The molecule has 2 aromatic carbocycles. The van der Waals surface area contributed by atoms with Gasteiger partial charge in [-0.3, -0.25) is 0 Å². The van der Waals surface area contributed by atoms with E-state index in [2.05, 4.69) is 6.92 Å². The third-order valence-electron chi connectivity index (χ3n) is 4.80. The highest BCUT2D eigenvalue weighted by atomic mass is 19.2. The van der Waals surface area contributed by atoms with Gasteiger partial charge in [0.2, 0.25) is 0 Å². The van der Waals surface area contributed by atoms with Crippen molar-refractivity contribution >= 4 is 5.97 Å². The molecule has 0 aromatic heterocycles. The molecule has 1 aliphatic rings. The van der Waals surface area contributed by atoms with Crippen LogP contribution in [0.5, 0.6) is 5.75 Å². The minimum absolute atomic E-state index is 0.173. The number of hydrogen-bond acceptors (Lipinski definition) is 2. The fraction of sp³-hybridized carbons (Fsp3) is 0.409. The SMILES string of the molecule is CC.CC1CCC(c2ccc(C(=O)Oc3ccc(F)c(F)c3)c(F)c2)CC1. The molecule has 0 N–H and O–H groups in total. The first-order valence-electron chi connectivity index (χ1n) is 9.40. The Hall–Kier alpha value is -2.30. The number of esters is 1. The average Bonchev–Trinajstić information content (AvgIpc) is 2.67. The maximum atomic E-state index is 14.3. The summed E-state index contributed by atoms with van der Waals surface area (Å²) in [6.45, 7) is 6.22. The standard InChI is InChI=1S/C20H19F3O2.C2H6/c1-12-2-4-13(5-3-12)14-6-8-16(18(22)10-14)20(24)25-15-7-9-17(21)19(23)11-15;1-2/h6-13H,2-5H2,1H3;1-2H3. The molecule has 0 radical (unpaired) electrons. The third kappa shape index (κ3) is 5.34. The molecule has 27 heavy (non-hydrogen) atoms. The van der Waals surface area contributed by atoms with Gasteiger partial charge in [0.25, 0.3) is 0 Å². The van der Waals surface area contributed by atoms with E-state index in [0.717, 1.165) is 49.4 Å². The summed E-state index contributed by atoms with van der Waals surface area (Å²) in [5.74, 6) is -2.94. The van der Waals surface area contributed by atoms with Crippen molar-refractivity contribution in [3.63, 3.8) is 0 Å². The number of carbonyl (C=O) groups is 1. The van der Waals surface area contributed by atoms with E-state index in [4.69, 9.17) is 4.74 Å². The van der Waals surface area contributed by atoms with Gasteiger partial charge in [-0.05, 0) is 54.5 Å². The first-order chi connectivity index (χ1) is 12.9. The molecular weight excluding hydrogens is 353 g/mol. The summed E-state index contributed by atoms with van der Waals surface area (Å²) in [7, 11) is 0. The highest BCUT2D eigenvalue weighted by molar-refractivity contribution is 5.91. The highest BCUT2D eigenvalue weighted by Crippen LogP contribution is 2.36. The summed E-state index contributed by atoms with van der Waals surface area (Å²) in [6.07, 6.45) is 4.26. The summed E-state index contributed by atoms with van der Waals surface area (Å²) in [5.41, 5.74) is 0.659. The molecule has 0 atom stereocenters. The van der Waals surface area contributed by atoms with Crippen LogP contribution in [0.3, 0.4) is 0 Å². The lowest BCUT2D eigenvalue weighted by Gasteiger charge is -2.26.